The van der Waals surface area contributed by atoms with Crippen molar-refractivity contribution < 1.29 is 9.59 Å². The third-order valence-corrected chi connectivity index (χ3v) is 2.29. The third-order valence-electron chi connectivity index (χ3n) is 1.92. The van der Waals surface area contributed by atoms with Crippen molar-refractivity contribution in [1.82, 2.24) is 10.6 Å². The number of hydrogen-bond acceptors (Lipinski definition) is 3. The van der Waals surface area contributed by atoms with Gasteiger partial charge in [0.05, 0.1) is 0 Å². The van der Waals surface area contributed by atoms with Crippen LogP contribution in [0.25, 0.3) is 0 Å². The Labute approximate surface area is 102 Å². The SMILES string of the molecule is C#CCCCCNC(=O)C(CS)NC(C)=O. The summed E-state index contributed by atoms with van der Waals surface area (Å²) in [4.78, 5) is 22.3. The Hall–Kier alpha value is -1.15. The van der Waals surface area contributed by atoms with E-state index in [-0.39, 0.29) is 17.6 Å². The zero-order valence-electron chi connectivity index (χ0n) is 9.45. The molecule has 2 N–H and O–H groups in total. The van der Waals surface area contributed by atoms with E-state index < -0.39 is 6.04 Å². The molecular weight excluding hydrogens is 224 g/mol. The number of carbonyl (C=O) groups is 2. The molecule has 1 unspecified atom stereocenters. The zero-order chi connectivity index (χ0) is 12.4. The Kier molecular flexibility index (Phi) is 8.45. The first-order valence-corrected chi connectivity index (χ1v) is 5.84. The summed E-state index contributed by atoms with van der Waals surface area (Å²) in [5.74, 6) is 2.38. The van der Waals surface area contributed by atoms with Crippen molar-refractivity contribution in [2.45, 2.75) is 32.2 Å². The number of terminal acetylenes is 1. The maximum Gasteiger partial charge on any atom is 0.243 e. The minimum absolute atomic E-state index is 0.203. The predicted molar refractivity (Wildman–Crippen MR) is 67.2 cm³/mol. The first-order valence-electron chi connectivity index (χ1n) is 5.21. The Morgan fingerprint density at radius 1 is 1.44 bits per heavy atom. The van der Waals surface area contributed by atoms with Crippen LogP contribution in [0.3, 0.4) is 0 Å². The molecule has 1 atom stereocenters. The van der Waals surface area contributed by atoms with Gasteiger partial charge in [-0.2, -0.15) is 12.6 Å². The van der Waals surface area contributed by atoms with Gasteiger partial charge < -0.3 is 10.6 Å². The van der Waals surface area contributed by atoms with E-state index in [1.54, 1.807) is 0 Å². The molecule has 0 aliphatic rings. The van der Waals surface area contributed by atoms with Crippen LogP contribution in [0.15, 0.2) is 0 Å². The second kappa shape index (κ2) is 9.10. The molecule has 0 radical (unpaired) electrons. The fraction of sp³-hybridized carbons (Fsp3) is 0.636. The van der Waals surface area contributed by atoms with Gasteiger partial charge in [-0.1, -0.05) is 0 Å². The zero-order valence-corrected chi connectivity index (χ0v) is 10.3. The van der Waals surface area contributed by atoms with Gasteiger partial charge in [0.25, 0.3) is 0 Å². The summed E-state index contributed by atoms with van der Waals surface area (Å²) in [6, 6.07) is -0.562. The van der Waals surface area contributed by atoms with E-state index in [0.29, 0.717) is 6.54 Å². The third kappa shape index (κ3) is 7.18. The molecule has 0 bridgehead atoms. The molecule has 0 saturated heterocycles. The molecular formula is C11H18N2O2S. The Morgan fingerprint density at radius 3 is 2.62 bits per heavy atom. The maximum absolute atomic E-state index is 11.5. The molecule has 0 aromatic heterocycles. The fourth-order valence-corrected chi connectivity index (χ4v) is 1.38. The largest absolute Gasteiger partial charge is 0.354 e. The molecule has 0 rings (SSSR count). The molecule has 5 heteroatoms. The fourth-order valence-electron chi connectivity index (χ4n) is 1.13. The summed E-state index contributed by atoms with van der Waals surface area (Å²) in [6.45, 7) is 1.95. The van der Waals surface area contributed by atoms with E-state index in [1.165, 1.54) is 6.92 Å². The number of carbonyl (C=O) groups excluding carboxylic acids is 2. The van der Waals surface area contributed by atoms with E-state index in [2.05, 4.69) is 29.2 Å². The van der Waals surface area contributed by atoms with E-state index >= 15 is 0 Å². The molecule has 0 aromatic carbocycles. The summed E-state index contributed by atoms with van der Waals surface area (Å²) in [5.41, 5.74) is 0. The highest BCUT2D eigenvalue weighted by molar-refractivity contribution is 7.80. The summed E-state index contributed by atoms with van der Waals surface area (Å²) >= 11 is 4.01. The number of amides is 2. The standard InChI is InChI=1S/C11H18N2O2S/c1-3-4-5-6-7-12-11(15)10(8-16)13-9(2)14/h1,10,16H,4-8H2,2H3,(H,12,15)(H,13,14). The average molecular weight is 242 g/mol. The highest BCUT2D eigenvalue weighted by Gasteiger charge is 2.16. The van der Waals surface area contributed by atoms with Gasteiger partial charge >= 0.3 is 0 Å². The normalized spacial score (nSPS) is 11.3. The number of rotatable bonds is 7. The van der Waals surface area contributed by atoms with Crippen molar-refractivity contribution in [1.29, 1.82) is 0 Å². The smallest absolute Gasteiger partial charge is 0.243 e. The molecule has 0 spiro atoms. The monoisotopic (exact) mass is 242 g/mol. The Bertz CT molecular complexity index is 274. The van der Waals surface area contributed by atoms with Crippen molar-refractivity contribution in [2.24, 2.45) is 0 Å². The van der Waals surface area contributed by atoms with Crippen LogP contribution in [-0.4, -0.2) is 30.2 Å². The number of thiol groups is 1. The maximum atomic E-state index is 11.5. The van der Waals surface area contributed by atoms with Crippen molar-refractivity contribution in [3.63, 3.8) is 0 Å². The van der Waals surface area contributed by atoms with Crippen LogP contribution in [0.4, 0.5) is 0 Å². The second-order valence-electron chi connectivity index (χ2n) is 3.39. The Balaban J connectivity index is 3.76. The van der Waals surface area contributed by atoms with Gasteiger partial charge in [0, 0.05) is 25.6 Å². The van der Waals surface area contributed by atoms with Gasteiger partial charge in [0.15, 0.2) is 0 Å². The minimum atomic E-state index is -0.562. The molecule has 90 valence electrons. The molecule has 0 heterocycles. The average Bonchev–Trinajstić information content (AvgIpc) is 2.25. The summed E-state index contributed by atoms with van der Waals surface area (Å²) in [6.07, 6.45) is 7.55. The highest BCUT2D eigenvalue weighted by Crippen LogP contribution is 1.93. The van der Waals surface area contributed by atoms with Crippen molar-refractivity contribution in [3.8, 4) is 12.3 Å². The van der Waals surface area contributed by atoms with Crippen LogP contribution >= 0.6 is 12.6 Å². The van der Waals surface area contributed by atoms with Crippen LogP contribution in [-0.2, 0) is 9.59 Å². The van der Waals surface area contributed by atoms with Crippen LogP contribution in [0.5, 0.6) is 0 Å². The molecule has 4 nitrogen and oxygen atoms in total. The second-order valence-corrected chi connectivity index (χ2v) is 3.75. The first kappa shape index (κ1) is 14.8. The lowest BCUT2D eigenvalue weighted by Crippen LogP contribution is -2.47. The van der Waals surface area contributed by atoms with Gasteiger partial charge in [0.1, 0.15) is 6.04 Å². The molecule has 0 fully saturated rings. The van der Waals surface area contributed by atoms with Crippen LogP contribution < -0.4 is 10.6 Å². The number of unbranched alkanes of at least 4 members (excludes halogenated alkanes) is 2. The lowest BCUT2D eigenvalue weighted by molar-refractivity contribution is -0.127. The molecule has 0 aromatic rings. The lowest BCUT2D eigenvalue weighted by Gasteiger charge is -2.14. The van der Waals surface area contributed by atoms with E-state index in [0.717, 1.165) is 19.3 Å². The quantitative estimate of drug-likeness (QED) is 0.342. The van der Waals surface area contributed by atoms with E-state index in [4.69, 9.17) is 6.42 Å². The lowest BCUT2D eigenvalue weighted by atomic mass is 10.2. The molecule has 2 amide bonds. The van der Waals surface area contributed by atoms with Crippen molar-refractivity contribution in [3.05, 3.63) is 0 Å². The van der Waals surface area contributed by atoms with Crippen molar-refractivity contribution >= 4 is 24.4 Å². The van der Waals surface area contributed by atoms with Gasteiger partial charge in [-0.15, -0.1) is 12.3 Å². The summed E-state index contributed by atoms with van der Waals surface area (Å²) in [7, 11) is 0. The summed E-state index contributed by atoms with van der Waals surface area (Å²) < 4.78 is 0. The molecule has 16 heavy (non-hydrogen) atoms. The highest BCUT2D eigenvalue weighted by atomic mass is 32.1. The summed E-state index contributed by atoms with van der Waals surface area (Å²) in [5, 5.41) is 5.25. The number of hydrogen-bond donors (Lipinski definition) is 3. The van der Waals surface area contributed by atoms with Gasteiger partial charge in [0.2, 0.25) is 11.8 Å². The van der Waals surface area contributed by atoms with Crippen LogP contribution in [0.1, 0.15) is 26.2 Å². The molecule has 0 aliphatic carbocycles. The molecule has 0 saturated carbocycles. The predicted octanol–water partition coefficient (Wildman–Crippen LogP) is 0.341. The topological polar surface area (TPSA) is 58.2 Å². The van der Waals surface area contributed by atoms with Crippen LogP contribution in [0, 0.1) is 12.3 Å². The van der Waals surface area contributed by atoms with Crippen molar-refractivity contribution in [2.75, 3.05) is 12.3 Å². The number of nitrogens with one attached hydrogen (secondary N) is 2. The van der Waals surface area contributed by atoms with E-state index in [1.807, 2.05) is 0 Å². The van der Waals surface area contributed by atoms with Gasteiger partial charge in [-0.25, -0.2) is 0 Å². The van der Waals surface area contributed by atoms with Gasteiger partial charge in [-0.3, -0.25) is 9.59 Å². The van der Waals surface area contributed by atoms with Gasteiger partial charge in [-0.05, 0) is 12.8 Å². The minimum Gasteiger partial charge on any atom is -0.354 e. The molecule has 0 aliphatic heterocycles. The van der Waals surface area contributed by atoms with Crippen LogP contribution in [0.2, 0.25) is 0 Å². The Morgan fingerprint density at radius 2 is 2.12 bits per heavy atom. The first-order chi connectivity index (χ1) is 7.61. The van der Waals surface area contributed by atoms with E-state index in [9.17, 15) is 9.59 Å².